The van der Waals surface area contributed by atoms with E-state index < -0.39 is 10.8 Å². The molecule has 2 rings (SSSR count). The van der Waals surface area contributed by atoms with Crippen molar-refractivity contribution in [1.29, 1.82) is 0 Å². The molecular weight excluding hydrogens is 276 g/mol. The Morgan fingerprint density at radius 1 is 1.38 bits per heavy atom. The SMILES string of the molecule is Cc1c(-c2ccc(/C=C/C(=O)NO)o2)cccc1[N+](=O)[O-]. The van der Waals surface area contributed by atoms with Gasteiger partial charge in [0.1, 0.15) is 11.5 Å². The third-order valence-corrected chi connectivity index (χ3v) is 2.90. The number of amides is 1. The maximum Gasteiger partial charge on any atom is 0.273 e. The first kappa shape index (κ1) is 14.5. The summed E-state index contributed by atoms with van der Waals surface area (Å²) in [5, 5.41) is 19.3. The number of carbonyl (C=O) groups excluding carboxylic acids is 1. The lowest BCUT2D eigenvalue weighted by molar-refractivity contribution is -0.385. The number of rotatable bonds is 4. The first-order chi connectivity index (χ1) is 10.0. The average Bonchev–Trinajstić information content (AvgIpc) is 2.93. The Hall–Kier alpha value is -2.93. The zero-order chi connectivity index (χ0) is 15.4. The second-order valence-corrected chi connectivity index (χ2v) is 4.22. The van der Waals surface area contributed by atoms with Crippen molar-refractivity contribution in [2.24, 2.45) is 0 Å². The number of benzene rings is 1. The number of hydrogen-bond donors (Lipinski definition) is 2. The van der Waals surface area contributed by atoms with Gasteiger partial charge in [-0.25, -0.2) is 5.48 Å². The molecule has 1 aromatic carbocycles. The summed E-state index contributed by atoms with van der Waals surface area (Å²) < 4.78 is 5.51. The number of carbonyl (C=O) groups is 1. The van der Waals surface area contributed by atoms with Crippen LogP contribution < -0.4 is 5.48 Å². The summed E-state index contributed by atoms with van der Waals surface area (Å²) in [4.78, 5) is 21.3. The fraction of sp³-hybridized carbons (Fsp3) is 0.0714. The number of hydrogen-bond acceptors (Lipinski definition) is 5. The van der Waals surface area contributed by atoms with Gasteiger partial charge in [-0.1, -0.05) is 12.1 Å². The van der Waals surface area contributed by atoms with E-state index in [1.165, 1.54) is 17.6 Å². The van der Waals surface area contributed by atoms with Crippen LogP contribution in [-0.4, -0.2) is 16.0 Å². The Balaban J connectivity index is 2.34. The van der Waals surface area contributed by atoms with Gasteiger partial charge in [0.05, 0.1) is 4.92 Å². The van der Waals surface area contributed by atoms with E-state index in [-0.39, 0.29) is 5.69 Å². The van der Waals surface area contributed by atoms with E-state index in [2.05, 4.69) is 0 Å². The van der Waals surface area contributed by atoms with Crippen LogP contribution >= 0.6 is 0 Å². The van der Waals surface area contributed by atoms with Gasteiger partial charge in [0, 0.05) is 23.3 Å². The van der Waals surface area contributed by atoms with E-state index in [9.17, 15) is 14.9 Å². The number of nitro benzene ring substituents is 1. The van der Waals surface area contributed by atoms with Crippen LogP contribution in [0.2, 0.25) is 0 Å². The number of nitrogens with one attached hydrogen (secondary N) is 1. The molecule has 1 aromatic heterocycles. The molecule has 0 bridgehead atoms. The van der Waals surface area contributed by atoms with Crippen molar-refractivity contribution in [1.82, 2.24) is 5.48 Å². The third kappa shape index (κ3) is 3.15. The average molecular weight is 288 g/mol. The highest BCUT2D eigenvalue weighted by Crippen LogP contribution is 2.31. The molecule has 108 valence electrons. The normalized spacial score (nSPS) is 10.8. The second-order valence-electron chi connectivity index (χ2n) is 4.22. The van der Waals surface area contributed by atoms with Crippen molar-refractivity contribution < 1.29 is 19.3 Å². The van der Waals surface area contributed by atoms with Crippen molar-refractivity contribution in [3.63, 3.8) is 0 Å². The van der Waals surface area contributed by atoms with Crippen molar-refractivity contribution in [2.75, 3.05) is 0 Å². The molecular formula is C14H12N2O5. The largest absolute Gasteiger partial charge is 0.457 e. The molecule has 0 aliphatic carbocycles. The van der Waals surface area contributed by atoms with E-state index in [0.29, 0.717) is 22.6 Å². The topological polar surface area (TPSA) is 106 Å². The Bertz CT molecular complexity index is 718. The minimum atomic E-state index is -0.681. The number of nitrogens with zero attached hydrogens (tertiary/aromatic N) is 1. The summed E-state index contributed by atoms with van der Waals surface area (Å²) in [6.07, 6.45) is 2.48. The lowest BCUT2D eigenvalue weighted by Gasteiger charge is -2.02. The number of nitro groups is 1. The molecule has 0 radical (unpaired) electrons. The van der Waals surface area contributed by atoms with E-state index in [1.807, 2.05) is 0 Å². The van der Waals surface area contributed by atoms with Gasteiger partial charge >= 0.3 is 0 Å². The molecule has 2 aromatic rings. The summed E-state index contributed by atoms with van der Waals surface area (Å²) in [5.41, 5.74) is 2.58. The lowest BCUT2D eigenvalue weighted by atomic mass is 10.1. The number of furan rings is 1. The molecule has 0 aliphatic rings. The van der Waals surface area contributed by atoms with Crippen LogP contribution in [-0.2, 0) is 4.79 Å². The van der Waals surface area contributed by atoms with Crippen LogP contribution in [0.25, 0.3) is 17.4 Å². The van der Waals surface area contributed by atoms with Crippen LogP contribution in [0.5, 0.6) is 0 Å². The van der Waals surface area contributed by atoms with Gasteiger partial charge in [-0.3, -0.25) is 20.1 Å². The Labute approximate surface area is 119 Å². The van der Waals surface area contributed by atoms with Crippen LogP contribution in [0.3, 0.4) is 0 Å². The van der Waals surface area contributed by atoms with E-state index in [1.54, 1.807) is 31.2 Å². The highest BCUT2D eigenvalue weighted by atomic mass is 16.6. The quantitative estimate of drug-likeness (QED) is 0.389. The highest BCUT2D eigenvalue weighted by molar-refractivity contribution is 5.90. The molecule has 21 heavy (non-hydrogen) atoms. The van der Waals surface area contributed by atoms with E-state index in [0.717, 1.165) is 6.08 Å². The number of hydroxylamine groups is 1. The van der Waals surface area contributed by atoms with Crippen LogP contribution in [0, 0.1) is 17.0 Å². The molecule has 7 nitrogen and oxygen atoms in total. The summed E-state index contributed by atoms with van der Waals surface area (Å²) in [6, 6.07) is 8.00. The maximum absolute atomic E-state index is 10.9. The van der Waals surface area contributed by atoms with Crippen molar-refractivity contribution in [3.05, 3.63) is 57.8 Å². The predicted octanol–water partition coefficient (Wildman–Crippen LogP) is 2.68. The standard InChI is InChI=1S/C14H12N2O5/c1-9-11(3-2-4-12(9)16(19)20)13-7-5-10(21-13)6-8-14(17)15-18/h2-8,18H,1H3,(H,15,17)/b8-6+. The molecule has 0 fully saturated rings. The van der Waals surface area contributed by atoms with Crippen molar-refractivity contribution in [3.8, 4) is 11.3 Å². The van der Waals surface area contributed by atoms with Gasteiger partial charge in [0.15, 0.2) is 0 Å². The molecule has 0 aliphatic heterocycles. The lowest BCUT2D eigenvalue weighted by Crippen LogP contribution is -2.14. The Morgan fingerprint density at radius 3 is 2.81 bits per heavy atom. The minimum Gasteiger partial charge on any atom is -0.457 e. The fourth-order valence-corrected chi connectivity index (χ4v) is 1.87. The summed E-state index contributed by atoms with van der Waals surface area (Å²) in [6.45, 7) is 1.64. The zero-order valence-electron chi connectivity index (χ0n) is 11.1. The van der Waals surface area contributed by atoms with Gasteiger partial charge < -0.3 is 4.42 Å². The molecule has 0 saturated heterocycles. The van der Waals surface area contributed by atoms with Crippen LogP contribution in [0.1, 0.15) is 11.3 Å². The molecule has 1 heterocycles. The summed E-state index contributed by atoms with van der Waals surface area (Å²) in [7, 11) is 0. The van der Waals surface area contributed by atoms with Gasteiger partial charge in [-0.05, 0) is 25.1 Å². The Kier molecular flexibility index (Phi) is 4.15. The van der Waals surface area contributed by atoms with Gasteiger partial charge in [-0.15, -0.1) is 0 Å². The van der Waals surface area contributed by atoms with Gasteiger partial charge in [-0.2, -0.15) is 0 Å². The third-order valence-electron chi connectivity index (χ3n) is 2.90. The highest BCUT2D eigenvalue weighted by Gasteiger charge is 2.16. The molecule has 0 spiro atoms. The van der Waals surface area contributed by atoms with Crippen LogP contribution in [0.15, 0.2) is 40.8 Å². The maximum atomic E-state index is 10.9. The first-order valence-electron chi connectivity index (χ1n) is 5.99. The molecule has 2 N–H and O–H groups in total. The van der Waals surface area contributed by atoms with Crippen molar-refractivity contribution in [2.45, 2.75) is 6.92 Å². The molecule has 0 atom stereocenters. The van der Waals surface area contributed by atoms with E-state index >= 15 is 0 Å². The van der Waals surface area contributed by atoms with Gasteiger partial charge in [0.25, 0.3) is 11.6 Å². The Morgan fingerprint density at radius 2 is 2.14 bits per heavy atom. The van der Waals surface area contributed by atoms with Crippen molar-refractivity contribution >= 4 is 17.7 Å². The molecule has 0 unspecified atom stereocenters. The fourth-order valence-electron chi connectivity index (χ4n) is 1.87. The monoisotopic (exact) mass is 288 g/mol. The smallest absolute Gasteiger partial charge is 0.273 e. The molecule has 1 amide bonds. The second kappa shape index (κ2) is 6.02. The van der Waals surface area contributed by atoms with Gasteiger partial charge in [0.2, 0.25) is 0 Å². The zero-order valence-corrected chi connectivity index (χ0v) is 11.1. The predicted molar refractivity (Wildman–Crippen MR) is 74.5 cm³/mol. The molecule has 7 heteroatoms. The summed E-state index contributed by atoms with van der Waals surface area (Å²) >= 11 is 0. The summed E-state index contributed by atoms with van der Waals surface area (Å²) in [5.74, 6) is 0.166. The first-order valence-corrected chi connectivity index (χ1v) is 5.99. The molecule has 0 saturated carbocycles. The van der Waals surface area contributed by atoms with Crippen LogP contribution in [0.4, 0.5) is 5.69 Å². The minimum absolute atomic E-state index is 0.0145. The van der Waals surface area contributed by atoms with E-state index in [4.69, 9.17) is 9.62 Å².